The molecule has 0 bridgehead atoms. The highest BCUT2D eigenvalue weighted by Gasteiger charge is 2.09. The van der Waals surface area contributed by atoms with Gasteiger partial charge in [0.2, 0.25) is 0 Å². The van der Waals surface area contributed by atoms with Gasteiger partial charge in [0.15, 0.2) is 0 Å². The number of hydrogen-bond acceptors (Lipinski definition) is 2. The first-order chi connectivity index (χ1) is 4.70. The van der Waals surface area contributed by atoms with Crippen LogP contribution in [0.25, 0.3) is 0 Å². The zero-order chi connectivity index (χ0) is 7.56. The summed E-state index contributed by atoms with van der Waals surface area (Å²) in [6.45, 7) is 0. The standard InChI is InChI=1S/C6H5NO3/c8-6-3-1-2-5(4-6)7(9)10/h1-4H,(H-,8,9,10)/p+1. The van der Waals surface area contributed by atoms with Crippen LogP contribution in [0.2, 0.25) is 0 Å². The number of phenolic OH excluding ortho intramolecular Hbond substituents is 1. The maximum absolute atomic E-state index is 10.2. The number of hydrogen-bond donors (Lipinski definition) is 2. The topological polar surface area (TPSA) is 60.5 Å². The van der Waals surface area contributed by atoms with Crippen molar-refractivity contribution in [2.24, 2.45) is 0 Å². The first-order valence-corrected chi connectivity index (χ1v) is 2.65. The summed E-state index contributed by atoms with van der Waals surface area (Å²) in [5.41, 5.74) is 0.0139. The summed E-state index contributed by atoms with van der Waals surface area (Å²) in [7, 11) is 0. The van der Waals surface area contributed by atoms with Crippen molar-refractivity contribution < 1.29 is 15.2 Å². The molecule has 0 atom stereocenters. The molecule has 10 heavy (non-hydrogen) atoms. The van der Waals surface area contributed by atoms with Gasteiger partial charge in [0.1, 0.15) is 5.75 Å². The van der Waals surface area contributed by atoms with Crippen molar-refractivity contribution in [1.29, 1.82) is 0 Å². The molecule has 0 radical (unpaired) electrons. The number of rotatable bonds is 1. The van der Waals surface area contributed by atoms with Crippen LogP contribution in [-0.2, 0) is 0 Å². The average Bonchev–Trinajstić information content (AvgIpc) is 1.88. The van der Waals surface area contributed by atoms with Crippen molar-refractivity contribution in [2.75, 3.05) is 0 Å². The zero-order valence-corrected chi connectivity index (χ0v) is 5.06. The summed E-state index contributed by atoms with van der Waals surface area (Å²) in [5, 5.41) is 17.1. The molecular weight excluding hydrogens is 134 g/mol. The predicted octanol–water partition coefficient (Wildman–Crippen LogP) is 1.19. The lowest BCUT2D eigenvalue weighted by Gasteiger charge is -1.85. The highest BCUT2D eigenvalue weighted by atomic mass is 16.6. The van der Waals surface area contributed by atoms with E-state index in [-0.39, 0.29) is 16.4 Å². The lowest BCUT2D eigenvalue weighted by atomic mass is 10.3. The zero-order valence-electron chi connectivity index (χ0n) is 5.06. The highest BCUT2D eigenvalue weighted by Crippen LogP contribution is 2.16. The molecule has 1 rings (SSSR count). The summed E-state index contributed by atoms with van der Waals surface area (Å²) in [6.07, 6.45) is 0. The maximum atomic E-state index is 10.2. The lowest BCUT2D eigenvalue weighted by molar-refractivity contribution is -0.729. The van der Waals surface area contributed by atoms with Gasteiger partial charge in [0, 0.05) is 6.07 Å². The molecule has 0 aliphatic rings. The van der Waals surface area contributed by atoms with Gasteiger partial charge in [-0.2, -0.15) is 0 Å². The molecule has 0 spiro atoms. The van der Waals surface area contributed by atoms with E-state index in [1.165, 1.54) is 18.2 Å². The Morgan fingerprint density at radius 1 is 1.40 bits per heavy atom. The minimum Gasteiger partial charge on any atom is -0.508 e. The Morgan fingerprint density at radius 2 is 2.10 bits per heavy atom. The second-order valence-corrected chi connectivity index (χ2v) is 1.79. The van der Waals surface area contributed by atoms with Gasteiger partial charge in [0.25, 0.3) is 4.92 Å². The van der Waals surface area contributed by atoms with Crippen molar-refractivity contribution in [3.8, 4) is 5.75 Å². The van der Waals surface area contributed by atoms with Crippen molar-refractivity contribution in [3.05, 3.63) is 29.2 Å². The number of aromatic hydroxyl groups is 1. The van der Waals surface area contributed by atoms with Crippen LogP contribution in [0.5, 0.6) is 5.75 Å². The number of benzene rings is 1. The third-order valence-electron chi connectivity index (χ3n) is 1.05. The third kappa shape index (κ3) is 1.22. The smallest absolute Gasteiger partial charge is 0.320 e. The summed E-state index contributed by atoms with van der Waals surface area (Å²) in [6, 6.07) is 5.42. The van der Waals surface area contributed by atoms with Crippen LogP contribution >= 0.6 is 0 Å². The van der Waals surface area contributed by atoms with E-state index in [1.807, 2.05) is 0 Å². The molecule has 0 saturated carbocycles. The van der Waals surface area contributed by atoms with Crippen molar-refractivity contribution in [1.82, 2.24) is 0 Å². The van der Waals surface area contributed by atoms with Gasteiger partial charge in [-0.05, 0) is 6.07 Å². The summed E-state index contributed by atoms with van der Waals surface area (Å²) < 4.78 is 0. The molecule has 52 valence electrons. The summed E-state index contributed by atoms with van der Waals surface area (Å²) >= 11 is 0. The maximum Gasteiger partial charge on any atom is 0.320 e. The SMILES string of the molecule is O=[N+](O)c1cccc(O)c1. The van der Waals surface area contributed by atoms with Crippen LogP contribution in [0.3, 0.4) is 0 Å². The van der Waals surface area contributed by atoms with Crippen LogP contribution < -0.4 is 0 Å². The van der Waals surface area contributed by atoms with Crippen LogP contribution in [0.4, 0.5) is 5.69 Å². The first-order valence-electron chi connectivity index (χ1n) is 2.65. The van der Waals surface area contributed by atoms with Gasteiger partial charge in [-0.25, -0.2) is 5.21 Å². The summed E-state index contributed by atoms with van der Waals surface area (Å²) in [4.78, 5) is 9.85. The average molecular weight is 140 g/mol. The molecule has 0 unspecified atom stereocenters. The number of phenols is 1. The van der Waals surface area contributed by atoms with E-state index in [1.54, 1.807) is 0 Å². The highest BCUT2D eigenvalue weighted by molar-refractivity contribution is 5.36. The molecule has 4 heteroatoms. The molecule has 0 aliphatic heterocycles. The molecule has 0 heterocycles. The van der Waals surface area contributed by atoms with Crippen molar-refractivity contribution in [3.63, 3.8) is 0 Å². The monoisotopic (exact) mass is 140 g/mol. The fourth-order valence-corrected chi connectivity index (χ4v) is 0.612. The van der Waals surface area contributed by atoms with Crippen molar-refractivity contribution in [2.45, 2.75) is 0 Å². The predicted molar refractivity (Wildman–Crippen MR) is 33.2 cm³/mol. The van der Waals surface area contributed by atoms with Crippen LogP contribution in [0.15, 0.2) is 24.3 Å². The van der Waals surface area contributed by atoms with E-state index in [9.17, 15) is 4.91 Å². The molecule has 0 aliphatic carbocycles. The van der Waals surface area contributed by atoms with Crippen molar-refractivity contribution >= 4 is 5.69 Å². The summed E-state index contributed by atoms with van der Waals surface area (Å²) in [5.74, 6) is -0.0487. The number of nitrogens with zero attached hydrogens (tertiary/aromatic N) is 1. The third-order valence-corrected chi connectivity index (χ3v) is 1.05. The van der Waals surface area contributed by atoms with Gasteiger partial charge in [-0.1, -0.05) is 6.07 Å². The quantitative estimate of drug-likeness (QED) is 0.576. The van der Waals surface area contributed by atoms with Gasteiger partial charge >= 0.3 is 5.69 Å². The largest absolute Gasteiger partial charge is 0.508 e. The first kappa shape index (κ1) is 6.54. The fraction of sp³-hybridized carbons (Fsp3) is 0. The van der Waals surface area contributed by atoms with Gasteiger partial charge in [0.05, 0.1) is 11.0 Å². The van der Waals surface area contributed by atoms with E-state index < -0.39 is 0 Å². The van der Waals surface area contributed by atoms with E-state index in [0.29, 0.717) is 0 Å². The second kappa shape index (κ2) is 2.34. The molecule has 1 aromatic carbocycles. The molecule has 0 fully saturated rings. The Hall–Kier alpha value is -1.58. The Kier molecular flexibility index (Phi) is 1.53. The Balaban J connectivity index is 3.07. The van der Waals surface area contributed by atoms with Gasteiger partial charge in [-0.15, -0.1) is 0 Å². The molecule has 0 aromatic heterocycles. The van der Waals surface area contributed by atoms with Crippen LogP contribution in [-0.4, -0.2) is 15.2 Å². The Labute approximate surface area is 56.9 Å². The Bertz CT molecular complexity index is 259. The molecule has 4 nitrogen and oxygen atoms in total. The molecular formula is C6H6NO3+. The van der Waals surface area contributed by atoms with Crippen LogP contribution in [0.1, 0.15) is 0 Å². The molecule has 0 saturated heterocycles. The van der Waals surface area contributed by atoms with E-state index in [4.69, 9.17) is 10.3 Å². The molecule has 2 N–H and O–H groups in total. The Morgan fingerprint density at radius 3 is 2.50 bits per heavy atom. The van der Waals surface area contributed by atoms with Gasteiger partial charge < -0.3 is 5.11 Å². The minimum absolute atomic E-state index is 0.0139. The minimum atomic E-state index is -0.306. The van der Waals surface area contributed by atoms with E-state index in [0.717, 1.165) is 6.07 Å². The normalized spacial score (nSPS) is 9.20. The fourth-order valence-electron chi connectivity index (χ4n) is 0.612. The lowest BCUT2D eigenvalue weighted by Crippen LogP contribution is -1.89. The van der Waals surface area contributed by atoms with Gasteiger partial charge in [-0.3, -0.25) is 0 Å². The molecule has 1 aromatic rings. The van der Waals surface area contributed by atoms with E-state index >= 15 is 0 Å². The molecule has 0 amide bonds. The van der Waals surface area contributed by atoms with Crippen LogP contribution in [0, 0.1) is 4.91 Å². The van der Waals surface area contributed by atoms with E-state index in [2.05, 4.69) is 0 Å². The second-order valence-electron chi connectivity index (χ2n) is 1.79.